The molecule has 24 heavy (non-hydrogen) atoms. The van der Waals surface area contributed by atoms with Crippen molar-refractivity contribution in [2.75, 3.05) is 37.7 Å². The van der Waals surface area contributed by atoms with Crippen LogP contribution in [0.4, 0.5) is 10.5 Å². The van der Waals surface area contributed by atoms with E-state index in [4.69, 9.17) is 21.1 Å². The SMILES string of the molecule is CC(C)(C)OC(=O)NCC#Cc1ncc(Cl)cc1N1CCOCC1. The molecule has 1 amide bonds. The highest BCUT2D eigenvalue weighted by molar-refractivity contribution is 6.30. The number of hydrogen-bond acceptors (Lipinski definition) is 5. The molecule has 0 bridgehead atoms. The van der Waals surface area contributed by atoms with Gasteiger partial charge in [0, 0.05) is 19.3 Å². The Morgan fingerprint density at radius 3 is 2.83 bits per heavy atom. The van der Waals surface area contributed by atoms with E-state index in [9.17, 15) is 4.79 Å². The number of carbonyl (C=O) groups is 1. The van der Waals surface area contributed by atoms with E-state index in [1.54, 1.807) is 6.20 Å². The highest BCUT2D eigenvalue weighted by Crippen LogP contribution is 2.23. The van der Waals surface area contributed by atoms with E-state index in [0.717, 1.165) is 18.8 Å². The Morgan fingerprint density at radius 2 is 2.17 bits per heavy atom. The predicted octanol–water partition coefficient (Wildman–Crippen LogP) is 2.45. The Bertz CT molecular complexity index is 641. The number of amides is 1. The smallest absolute Gasteiger partial charge is 0.408 e. The summed E-state index contributed by atoms with van der Waals surface area (Å²) in [6, 6.07) is 1.85. The zero-order chi connectivity index (χ0) is 17.6. The van der Waals surface area contributed by atoms with Gasteiger partial charge in [-0.1, -0.05) is 17.5 Å². The molecule has 0 atom stereocenters. The largest absolute Gasteiger partial charge is 0.444 e. The van der Waals surface area contributed by atoms with Crippen molar-refractivity contribution in [2.45, 2.75) is 26.4 Å². The zero-order valence-electron chi connectivity index (χ0n) is 14.2. The second kappa shape index (κ2) is 8.22. The maximum absolute atomic E-state index is 11.6. The van der Waals surface area contributed by atoms with Crippen LogP contribution in [-0.2, 0) is 9.47 Å². The molecule has 0 saturated carbocycles. The number of halogens is 1. The molecular formula is C17H22ClN3O3. The third kappa shape index (κ3) is 5.91. The molecule has 1 fully saturated rings. The lowest BCUT2D eigenvalue weighted by Crippen LogP contribution is -2.36. The standard InChI is InChI=1S/C17H22ClN3O3/c1-17(2,3)24-16(22)19-6-4-5-14-15(11-13(18)12-20-14)21-7-9-23-10-8-21/h11-12H,6-10H2,1-3H3,(H,19,22). The van der Waals surface area contributed by atoms with Gasteiger partial charge in [-0.05, 0) is 32.8 Å². The number of pyridine rings is 1. The number of ether oxygens (including phenoxy) is 2. The summed E-state index contributed by atoms with van der Waals surface area (Å²) < 4.78 is 10.5. The van der Waals surface area contributed by atoms with Gasteiger partial charge < -0.3 is 19.7 Å². The van der Waals surface area contributed by atoms with Crippen LogP contribution in [0.15, 0.2) is 12.3 Å². The van der Waals surface area contributed by atoms with Gasteiger partial charge >= 0.3 is 6.09 Å². The first kappa shape index (κ1) is 18.4. The molecule has 0 radical (unpaired) electrons. The van der Waals surface area contributed by atoms with E-state index in [0.29, 0.717) is 23.9 Å². The number of carbonyl (C=O) groups excluding carboxylic acids is 1. The molecule has 1 saturated heterocycles. The number of aromatic nitrogens is 1. The third-order valence-corrected chi connectivity index (χ3v) is 3.32. The number of hydrogen-bond donors (Lipinski definition) is 1. The van der Waals surface area contributed by atoms with E-state index in [1.165, 1.54) is 0 Å². The van der Waals surface area contributed by atoms with E-state index < -0.39 is 11.7 Å². The molecule has 130 valence electrons. The molecular weight excluding hydrogens is 330 g/mol. The van der Waals surface area contributed by atoms with Gasteiger partial charge in [-0.15, -0.1) is 0 Å². The number of rotatable bonds is 2. The number of morpholine rings is 1. The monoisotopic (exact) mass is 351 g/mol. The fourth-order valence-corrected chi connectivity index (χ4v) is 2.28. The quantitative estimate of drug-likeness (QED) is 0.829. The lowest BCUT2D eigenvalue weighted by Gasteiger charge is -2.29. The molecule has 1 aliphatic rings. The van der Waals surface area contributed by atoms with Crippen LogP contribution in [0, 0.1) is 11.8 Å². The Labute approximate surface area is 147 Å². The van der Waals surface area contributed by atoms with Crippen molar-refractivity contribution < 1.29 is 14.3 Å². The van der Waals surface area contributed by atoms with Crippen LogP contribution in [0.25, 0.3) is 0 Å². The van der Waals surface area contributed by atoms with E-state index in [1.807, 2.05) is 26.8 Å². The van der Waals surface area contributed by atoms with Crippen molar-refractivity contribution >= 4 is 23.4 Å². The maximum Gasteiger partial charge on any atom is 0.408 e. The topological polar surface area (TPSA) is 63.7 Å². The lowest BCUT2D eigenvalue weighted by atomic mass is 10.2. The second-order valence-corrected chi connectivity index (χ2v) is 6.71. The number of anilines is 1. The highest BCUT2D eigenvalue weighted by Gasteiger charge is 2.16. The fraction of sp³-hybridized carbons (Fsp3) is 0.529. The first-order valence-electron chi connectivity index (χ1n) is 7.79. The van der Waals surface area contributed by atoms with Crippen molar-refractivity contribution in [2.24, 2.45) is 0 Å². The molecule has 7 heteroatoms. The molecule has 1 aromatic rings. The van der Waals surface area contributed by atoms with Crippen LogP contribution in [0.2, 0.25) is 5.02 Å². The van der Waals surface area contributed by atoms with Crippen molar-refractivity contribution in [3.8, 4) is 11.8 Å². The number of nitrogens with zero attached hydrogens (tertiary/aromatic N) is 2. The van der Waals surface area contributed by atoms with Gasteiger partial charge in [0.2, 0.25) is 0 Å². The molecule has 6 nitrogen and oxygen atoms in total. The van der Waals surface area contributed by atoms with Gasteiger partial charge in [0.15, 0.2) is 0 Å². The molecule has 1 N–H and O–H groups in total. The third-order valence-electron chi connectivity index (χ3n) is 3.11. The van der Waals surface area contributed by atoms with Crippen molar-refractivity contribution in [3.05, 3.63) is 23.0 Å². The van der Waals surface area contributed by atoms with Crippen molar-refractivity contribution in [3.63, 3.8) is 0 Å². The zero-order valence-corrected chi connectivity index (χ0v) is 14.9. The van der Waals surface area contributed by atoms with Gasteiger partial charge in [-0.2, -0.15) is 0 Å². The van der Waals surface area contributed by atoms with E-state index in [-0.39, 0.29) is 6.54 Å². The first-order valence-corrected chi connectivity index (χ1v) is 8.17. The first-order chi connectivity index (χ1) is 11.3. The van der Waals surface area contributed by atoms with Crippen LogP contribution < -0.4 is 10.2 Å². The molecule has 0 unspecified atom stereocenters. The van der Waals surface area contributed by atoms with Crippen LogP contribution in [-0.4, -0.2) is 49.5 Å². The Balaban J connectivity index is 2.01. The van der Waals surface area contributed by atoms with Gasteiger partial charge in [0.05, 0.1) is 30.5 Å². The summed E-state index contributed by atoms with van der Waals surface area (Å²) in [6.07, 6.45) is 1.07. The Kier molecular flexibility index (Phi) is 6.29. The van der Waals surface area contributed by atoms with E-state index >= 15 is 0 Å². The molecule has 2 heterocycles. The molecule has 0 aliphatic carbocycles. The highest BCUT2D eigenvalue weighted by atomic mass is 35.5. The number of alkyl carbamates (subject to hydrolysis) is 1. The minimum atomic E-state index is -0.529. The lowest BCUT2D eigenvalue weighted by molar-refractivity contribution is 0.0535. The summed E-state index contributed by atoms with van der Waals surface area (Å²) in [5, 5.41) is 3.16. The minimum Gasteiger partial charge on any atom is -0.444 e. The summed E-state index contributed by atoms with van der Waals surface area (Å²) in [5.41, 5.74) is 0.988. The second-order valence-electron chi connectivity index (χ2n) is 6.28. The summed E-state index contributed by atoms with van der Waals surface area (Å²) in [6.45, 7) is 8.49. The maximum atomic E-state index is 11.6. The van der Waals surface area contributed by atoms with E-state index in [2.05, 4.69) is 27.0 Å². The van der Waals surface area contributed by atoms with Gasteiger partial charge in [0.25, 0.3) is 0 Å². The summed E-state index contributed by atoms with van der Waals surface area (Å²) >= 11 is 6.06. The summed E-state index contributed by atoms with van der Waals surface area (Å²) in [7, 11) is 0. The van der Waals surface area contributed by atoms with Crippen molar-refractivity contribution in [1.82, 2.24) is 10.3 Å². The van der Waals surface area contributed by atoms with Gasteiger partial charge in [-0.25, -0.2) is 9.78 Å². The predicted molar refractivity (Wildman–Crippen MR) is 93.4 cm³/mol. The Hall–Kier alpha value is -1.97. The molecule has 0 spiro atoms. The average molecular weight is 352 g/mol. The molecule has 1 aromatic heterocycles. The van der Waals surface area contributed by atoms with Crippen molar-refractivity contribution in [1.29, 1.82) is 0 Å². The molecule has 2 rings (SSSR count). The number of nitrogens with one attached hydrogen (secondary N) is 1. The molecule has 0 aromatic carbocycles. The van der Waals surface area contributed by atoms with Crippen LogP contribution in [0.5, 0.6) is 0 Å². The van der Waals surface area contributed by atoms with Crippen LogP contribution in [0.1, 0.15) is 26.5 Å². The summed E-state index contributed by atoms with van der Waals surface area (Å²) in [5.74, 6) is 5.88. The fourth-order valence-electron chi connectivity index (χ4n) is 2.13. The summed E-state index contributed by atoms with van der Waals surface area (Å²) in [4.78, 5) is 18.0. The minimum absolute atomic E-state index is 0.182. The van der Waals surface area contributed by atoms with Gasteiger partial charge in [0.1, 0.15) is 11.3 Å². The average Bonchev–Trinajstić information content (AvgIpc) is 2.52. The van der Waals surface area contributed by atoms with Crippen LogP contribution >= 0.6 is 11.6 Å². The van der Waals surface area contributed by atoms with Gasteiger partial charge in [-0.3, -0.25) is 0 Å². The molecule has 1 aliphatic heterocycles. The normalized spacial score (nSPS) is 14.6. The Morgan fingerprint density at radius 1 is 1.46 bits per heavy atom. The van der Waals surface area contributed by atoms with Crippen LogP contribution in [0.3, 0.4) is 0 Å².